The SMILES string of the molecule is COc1ccc(-c2ccc(CC(C)C(=O)O)n2-c2ccc(C(N)=O)cc2C)cc1. The van der Waals surface area contributed by atoms with E-state index >= 15 is 0 Å². The van der Waals surface area contributed by atoms with Crippen LogP contribution in [-0.2, 0) is 11.2 Å². The van der Waals surface area contributed by atoms with Gasteiger partial charge in [0.15, 0.2) is 0 Å². The van der Waals surface area contributed by atoms with Gasteiger partial charge in [0.25, 0.3) is 0 Å². The molecule has 1 unspecified atom stereocenters. The number of aromatic nitrogens is 1. The van der Waals surface area contributed by atoms with Crippen LogP contribution in [-0.4, -0.2) is 28.7 Å². The predicted octanol–water partition coefficient (Wildman–Crippen LogP) is 3.82. The molecule has 150 valence electrons. The molecule has 0 spiro atoms. The normalized spacial score (nSPS) is 11.8. The van der Waals surface area contributed by atoms with Crippen molar-refractivity contribution in [3.63, 3.8) is 0 Å². The lowest BCUT2D eigenvalue weighted by atomic mass is 10.0. The molecule has 2 aromatic carbocycles. The van der Waals surface area contributed by atoms with Gasteiger partial charge in [-0.2, -0.15) is 0 Å². The number of aryl methyl sites for hydroxylation is 1. The second-order valence-corrected chi connectivity index (χ2v) is 7.08. The molecule has 0 saturated heterocycles. The van der Waals surface area contributed by atoms with Gasteiger partial charge in [-0.25, -0.2) is 0 Å². The molecule has 0 saturated carbocycles. The lowest BCUT2D eigenvalue weighted by molar-refractivity contribution is -0.141. The third kappa shape index (κ3) is 4.16. The average Bonchev–Trinajstić information content (AvgIpc) is 3.11. The Bertz CT molecular complexity index is 1050. The van der Waals surface area contributed by atoms with Crippen LogP contribution >= 0.6 is 0 Å². The van der Waals surface area contributed by atoms with Crippen molar-refractivity contribution in [2.45, 2.75) is 20.3 Å². The molecule has 0 aliphatic carbocycles. The monoisotopic (exact) mass is 392 g/mol. The van der Waals surface area contributed by atoms with E-state index in [1.54, 1.807) is 26.2 Å². The number of nitrogens with two attached hydrogens (primary N) is 1. The summed E-state index contributed by atoms with van der Waals surface area (Å²) in [4.78, 5) is 22.9. The smallest absolute Gasteiger partial charge is 0.306 e. The summed E-state index contributed by atoms with van der Waals surface area (Å²) in [5.41, 5.74) is 10.4. The maximum Gasteiger partial charge on any atom is 0.306 e. The second kappa shape index (κ2) is 8.22. The molecule has 3 N–H and O–H groups in total. The van der Waals surface area contributed by atoms with Gasteiger partial charge in [0, 0.05) is 23.4 Å². The van der Waals surface area contributed by atoms with Crippen molar-refractivity contribution in [2.75, 3.05) is 7.11 Å². The molecule has 0 radical (unpaired) electrons. The van der Waals surface area contributed by atoms with Crippen LogP contribution in [0.4, 0.5) is 0 Å². The number of carbonyl (C=O) groups is 2. The number of amides is 1. The fourth-order valence-corrected chi connectivity index (χ4v) is 3.37. The molecule has 3 aromatic rings. The van der Waals surface area contributed by atoms with Crippen LogP contribution in [0.5, 0.6) is 5.75 Å². The first-order chi connectivity index (χ1) is 13.8. The number of primary amides is 1. The first kappa shape index (κ1) is 20.2. The summed E-state index contributed by atoms with van der Waals surface area (Å²) in [6.45, 7) is 3.60. The van der Waals surface area contributed by atoms with Crippen molar-refractivity contribution in [1.82, 2.24) is 4.57 Å². The first-order valence-electron chi connectivity index (χ1n) is 9.30. The molecule has 0 aliphatic rings. The fraction of sp³-hybridized carbons (Fsp3) is 0.217. The number of ether oxygens (including phenoxy) is 1. The Hall–Kier alpha value is -3.54. The molecule has 1 aromatic heterocycles. The third-order valence-corrected chi connectivity index (χ3v) is 5.01. The Morgan fingerprint density at radius 1 is 1.10 bits per heavy atom. The van der Waals surface area contributed by atoms with Gasteiger partial charge in [0.05, 0.1) is 18.7 Å². The van der Waals surface area contributed by atoms with E-state index in [1.165, 1.54) is 0 Å². The van der Waals surface area contributed by atoms with E-state index in [4.69, 9.17) is 10.5 Å². The van der Waals surface area contributed by atoms with Crippen molar-refractivity contribution in [3.8, 4) is 22.7 Å². The Kier molecular flexibility index (Phi) is 5.73. The van der Waals surface area contributed by atoms with Crippen LogP contribution in [0.15, 0.2) is 54.6 Å². The summed E-state index contributed by atoms with van der Waals surface area (Å²) in [7, 11) is 1.62. The molecule has 0 aliphatic heterocycles. The van der Waals surface area contributed by atoms with E-state index in [9.17, 15) is 14.7 Å². The molecule has 3 rings (SSSR count). The van der Waals surface area contributed by atoms with Gasteiger partial charge in [0.1, 0.15) is 5.75 Å². The van der Waals surface area contributed by atoms with Gasteiger partial charge in [-0.1, -0.05) is 6.92 Å². The molecule has 6 nitrogen and oxygen atoms in total. The summed E-state index contributed by atoms with van der Waals surface area (Å²) >= 11 is 0. The number of nitrogens with zero attached hydrogens (tertiary/aromatic N) is 1. The van der Waals surface area contributed by atoms with E-state index in [0.29, 0.717) is 12.0 Å². The van der Waals surface area contributed by atoms with Gasteiger partial charge in [0.2, 0.25) is 5.91 Å². The zero-order valence-electron chi connectivity index (χ0n) is 16.7. The maximum absolute atomic E-state index is 11.5. The van der Waals surface area contributed by atoms with Crippen LogP contribution in [0.3, 0.4) is 0 Å². The zero-order valence-corrected chi connectivity index (χ0v) is 16.7. The van der Waals surface area contributed by atoms with Crippen molar-refractivity contribution >= 4 is 11.9 Å². The predicted molar refractivity (Wildman–Crippen MR) is 112 cm³/mol. The Morgan fingerprint density at radius 2 is 1.79 bits per heavy atom. The van der Waals surface area contributed by atoms with Crippen molar-refractivity contribution in [3.05, 3.63) is 71.4 Å². The summed E-state index contributed by atoms with van der Waals surface area (Å²) in [6, 6.07) is 16.9. The second-order valence-electron chi connectivity index (χ2n) is 7.08. The molecule has 1 atom stereocenters. The van der Waals surface area contributed by atoms with E-state index in [2.05, 4.69) is 0 Å². The molecule has 6 heteroatoms. The zero-order chi connectivity index (χ0) is 21.1. The van der Waals surface area contributed by atoms with Crippen LogP contribution in [0, 0.1) is 12.8 Å². The number of hydrogen-bond acceptors (Lipinski definition) is 3. The molecule has 0 fully saturated rings. The van der Waals surface area contributed by atoms with Crippen molar-refractivity contribution < 1.29 is 19.4 Å². The lowest BCUT2D eigenvalue weighted by Gasteiger charge is -2.18. The summed E-state index contributed by atoms with van der Waals surface area (Å²) in [5.74, 6) is -1.10. The number of methoxy groups -OCH3 is 1. The fourth-order valence-electron chi connectivity index (χ4n) is 3.37. The quantitative estimate of drug-likeness (QED) is 0.639. The highest BCUT2D eigenvalue weighted by molar-refractivity contribution is 5.93. The van der Waals surface area contributed by atoms with Crippen LogP contribution in [0.2, 0.25) is 0 Å². The number of benzene rings is 2. The highest BCUT2D eigenvalue weighted by Crippen LogP contribution is 2.31. The Balaban J connectivity index is 2.16. The standard InChI is InChI=1S/C23H24N2O4/c1-14-12-17(22(24)26)6-10-20(14)25-18(13-15(2)23(27)28)7-11-21(25)16-4-8-19(29-3)9-5-16/h4-12,15H,13H2,1-3H3,(H2,24,26)(H,27,28). The summed E-state index contributed by atoms with van der Waals surface area (Å²) in [5, 5.41) is 9.36. The number of aliphatic carboxylic acids is 1. The number of carboxylic acids is 1. The first-order valence-corrected chi connectivity index (χ1v) is 9.30. The minimum absolute atomic E-state index is 0.377. The average molecular weight is 392 g/mol. The molecular formula is C23H24N2O4. The molecule has 1 heterocycles. The Labute approximate surface area is 169 Å². The lowest BCUT2D eigenvalue weighted by Crippen LogP contribution is -2.16. The highest BCUT2D eigenvalue weighted by Gasteiger charge is 2.19. The van der Waals surface area contributed by atoms with Crippen molar-refractivity contribution in [2.24, 2.45) is 11.7 Å². The van der Waals surface area contributed by atoms with E-state index < -0.39 is 17.8 Å². The summed E-state index contributed by atoms with van der Waals surface area (Å²) < 4.78 is 7.29. The van der Waals surface area contributed by atoms with Gasteiger partial charge in [-0.05, 0) is 72.6 Å². The van der Waals surface area contributed by atoms with E-state index in [0.717, 1.165) is 34.0 Å². The highest BCUT2D eigenvalue weighted by atomic mass is 16.5. The minimum atomic E-state index is -0.843. The third-order valence-electron chi connectivity index (χ3n) is 5.01. The molecule has 1 amide bonds. The molecule has 29 heavy (non-hydrogen) atoms. The number of rotatable bonds is 7. The molecule has 0 bridgehead atoms. The number of carbonyl (C=O) groups excluding carboxylic acids is 1. The minimum Gasteiger partial charge on any atom is -0.497 e. The maximum atomic E-state index is 11.5. The van der Waals surface area contributed by atoms with Crippen LogP contribution < -0.4 is 10.5 Å². The van der Waals surface area contributed by atoms with Crippen LogP contribution in [0.1, 0.15) is 28.5 Å². The van der Waals surface area contributed by atoms with Crippen molar-refractivity contribution in [1.29, 1.82) is 0 Å². The topological polar surface area (TPSA) is 94.6 Å². The van der Waals surface area contributed by atoms with Crippen LogP contribution in [0.25, 0.3) is 16.9 Å². The molecular weight excluding hydrogens is 368 g/mol. The van der Waals surface area contributed by atoms with Gasteiger partial charge >= 0.3 is 5.97 Å². The van der Waals surface area contributed by atoms with Gasteiger partial charge in [-0.15, -0.1) is 0 Å². The van der Waals surface area contributed by atoms with Gasteiger partial charge < -0.3 is 20.1 Å². The van der Waals surface area contributed by atoms with Gasteiger partial charge in [-0.3, -0.25) is 9.59 Å². The Morgan fingerprint density at radius 3 is 2.34 bits per heavy atom. The number of hydrogen-bond donors (Lipinski definition) is 2. The van der Waals surface area contributed by atoms with E-state index in [1.807, 2.05) is 54.0 Å². The summed E-state index contributed by atoms with van der Waals surface area (Å²) in [6.07, 6.45) is 0.377. The number of carboxylic acid groups (broad SMARTS) is 1. The van der Waals surface area contributed by atoms with E-state index in [-0.39, 0.29) is 0 Å². The largest absolute Gasteiger partial charge is 0.497 e.